The summed E-state index contributed by atoms with van der Waals surface area (Å²) in [5.74, 6) is -0.352. The number of anilines is 1. The Kier molecular flexibility index (Phi) is 3.88. The van der Waals surface area contributed by atoms with Gasteiger partial charge in [0.05, 0.1) is 17.6 Å². The van der Waals surface area contributed by atoms with Crippen molar-refractivity contribution >= 4 is 34.0 Å². The average molecular weight is 328 g/mol. The number of rotatable bonds is 3. The van der Waals surface area contributed by atoms with Gasteiger partial charge in [0.2, 0.25) is 0 Å². The van der Waals surface area contributed by atoms with Crippen molar-refractivity contribution in [3.05, 3.63) is 29.8 Å². The van der Waals surface area contributed by atoms with Gasteiger partial charge in [-0.15, -0.1) is 0 Å². The second-order valence-electron chi connectivity index (χ2n) is 6.52. The molecule has 0 aliphatic heterocycles. The van der Waals surface area contributed by atoms with Crippen LogP contribution in [0.2, 0.25) is 0 Å². The Hall–Kier alpha value is -2.67. The van der Waals surface area contributed by atoms with Crippen molar-refractivity contribution in [2.75, 3.05) is 12.3 Å². The number of fused-ring (bicyclic) bond motifs is 2. The number of ether oxygens (including phenoxy) is 1. The number of aromatic nitrogens is 3. The van der Waals surface area contributed by atoms with E-state index in [0.717, 1.165) is 0 Å². The van der Waals surface area contributed by atoms with Crippen LogP contribution >= 0.6 is 0 Å². The monoisotopic (exact) mass is 328 g/mol. The molecule has 3 aromatic rings. The number of nitrogens with zero attached hydrogens (tertiary/aromatic N) is 3. The molecule has 3 rings (SSSR count). The van der Waals surface area contributed by atoms with Crippen molar-refractivity contribution in [3.8, 4) is 0 Å². The lowest BCUT2D eigenvalue weighted by Gasteiger charge is -2.19. The van der Waals surface area contributed by atoms with Gasteiger partial charge in [-0.05, 0) is 32.9 Å². The van der Waals surface area contributed by atoms with Gasteiger partial charge in [-0.3, -0.25) is 0 Å². The molecule has 0 radical (unpaired) electrons. The maximum absolute atomic E-state index is 12.6. The Labute approximate surface area is 139 Å². The quantitative estimate of drug-likeness (QED) is 0.714. The van der Waals surface area contributed by atoms with Gasteiger partial charge in [0.25, 0.3) is 0 Å². The smallest absolute Gasteiger partial charge is 0.344 e. The first kappa shape index (κ1) is 16.2. The molecule has 2 aromatic heterocycles. The van der Waals surface area contributed by atoms with Crippen LogP contribution in [0.5, 0.6) is 0 Å². The average Bonchev–Trinajstić information content (AvgIpc) is 2.76. The van der Waals surface area contributed by atoms with Gasteiger partial charge >= 0.3 is 5.97 Å². The van der Waals surface area contributed by atoms with Gasteiger partial charge in [0.1, 0.15) is 22.5 Å². The lowest BCUT2D eigenvalue weighted by atomic mass is 10.2. The fraction of sp³-hybridized carbons (Fsp3) is 0.353. The third-order valence-corrected chi connectivity index (χ3v) is 3.52. The summed E-state index contributed by atoms with van der Waals surface area (Å²) in [5.41, 5.74) is 7.89. The Morgan fingerprint density at radius 1 is 1.25 bits per heavy atom. The van der Waals surface area contributed by atoms with Crippen LogP contribution in [0, 0.1) is 0 Å². The Morgan fingerprint density at radius 2 is 1.88 bits per heavy atom. The summed E-state index contributed by atoms with van der Waals surface area (Å²) >= 11 is 0. The molecule has 0 fully saturated rings. The van der Waals surface area contributed by atoms with Gasteiger partial charge in [-0.25, -0.2) is 14.8 Å². The van der Waals surface area contributed by atoms with E-state index in [1.165, 1.54) is 0 Å². The summed E-state index contributed by atoms with van der Waals surface area (Å²) < 4.78 is 7.04. The number of aliphatic hydroxyl groups excluding tert-OH is 1. The molecule has 0 saturated carbocycles. The maximum atomic E-state index is 12.6. The van der Waals surface area contributed by atoms with E-state index in [9.17, 15) is 9.90 Å². The van der Waals surface area contributed by atoms with E-state index >= 15 is 0 Å². The third kappa shape index (κ3) is 2.78. The zero-order valence-electron chi connectivity index (χ0n) is 13.9. The van der Waals surface area contributed by atoms with Crippen LogP contribution in [0.1, 0.15) is 31.1 Å². The highest BCUT2D eigenvalue weighted by molar-refractivity contribution is 6.08. The highest BCUT2D eigenvalue weighted by atomic mass is 16.6. The highest BCUT2D eigenvalue weighted by Gasteiger charge is 2.27. The number of nitrogen functional groups attached to an aromatic ring is 1. The van der Waals surface area contributed by atoms with Gasteiger partial charge in [-0.1, -0.05) is 12.1 Å². The molecule has 0 aliphatic carbocycles. The van der Waals surface area contributed by atoms with Gasteiger partial charge in [0, 0.05) is 6.54 Å². The molecule has 0 spiro atoms. The number of nitrogens with two attached hydrogens (primary N) is 1. The van der Waals surface area contributed by atoms with E-state index < -0.39 is 11.6 Å². The van der Waals surface area contributed by atoms with Crippen molar-refractivity contribution in [2.24, 2.45) is 0 Å². The summed E-state index contributed by atoms with van der Waals surface area (Å²) in [6.45, 7) is 5.45. The summed E-state index contributed by atoms with van der Waals surface area (Å²) in [6.07, 6.45) is 0. The molecular formula is C17H20N4O3. The first-order chi connectivity index (χ1) is 11.3. The van der Waals surface area contributed by atoms with E-state index in [1.54, 1.807) is 25.3 Å². The number of carbonyl (C=O) groups excluding carboxylic acids is 1. The number of hydrogen-bond donors (Lipinski definition) is 2. The van der Waals surface area contributed by atoms with Crippen LogP contribution < -0.4 is 5.73 Å². The van der Waals surface area contributed by atoms with E-state index in [0.29, 0.717) is 22.2 Å². The number of esters is 1. The molecule has 0 unspecified atom stereocenters. The van der Waals surface area contributed by atoms with E-state index in [1.807, 2.05) is 24.3 Å². The molecule has 3 N–H and O–H groups in total. The normalized spacial score (nSPS) is 12.0. The molecule has 2 heterocycles. The van der Waals surface area contributed by atoms with E-state index in [4.69, 9.17) is 10.5 Å². The van der Waals surface area contributed by atoms with Crippen LogP contribution in [0.15, 0.2) is 24.3 Å². The lowest BCUT2D eigenvalue weighted by molar-refractivity contribution is 0.00726. The lowest BCUT2D eigenvalue weighted by Crippen LogP contribution is -2.24. The molecule has 1 aromatic carbocycles. The molecule has 126 valence electrons. The van der Waals surface area contributed by atoms with Crippen molar-refractivity contribution in [2.45, 2.75) is 32.9 Å². The summed E-state index contributed by atoms with van der Waals surface area (Å²) in [5, 5.41) is 9.31. The van der Waals surface area contributed by atoms with Crippen LogP contribution in [-0.4, -0.2) is 37.8 Å². The number of carbonyl (C=O) groups is 1. The molecule has 24 heavy (non-hydrogen) atoms. The Balaban J connectivity index is 2.29. The zero-order valence-corrected chi connectivity index (χ0v) is 13.9. The van der Waals surface area contributed by atoms with Crippen molar-refractivity contribution in [1.29, 1.82) is 0 Å². The minimum atomic E-state index is -0.654. The van der Waals surface area contributed by atoms with Gasteiger partial charge in [0.15, 0.2) is 5.65 Å². The standard InChI is InChI=1S/C17H20N4O3/c1-17(2,3)24-16(23)12-13-15(21(8-9-22)14(12)18)20-11-7-5-4-6-10(11)19-13/h4-7,22H,8-9,18H2,1-3H3. The first-order valence-electron chi connectivity index (χ1n) is 7.70. The minimum Gasteiger partial charge on any atom is -0.456 e. The molecule has 7 heteroatoms. The fourth-order valence-corrected chi connectivity index (χ4v) is 2.57. The predicted octanol–water partition coefficient (Wildman–Crippen LogP) is 2.11. The van der Waals surface area contributed by atoms with E-state index in [2.05, 4.69) is 9.97 Å². The van der Waals surface area contributed by atoms with Gasteiger partial charge in [-0.2, -0.15) is 0 Å². The largest absolute Gasteiger partial charge is 0.456 e. The Bertz CT molecular complexity index is 925. The van der Waals surface area contributed by atoms with Crippen molar-refractivity contribution < 1.29 is 14.6 Å². The molecule has 0 atom stereocenters. The van der Waals surface area contributed by atoms with Crippen LogP contribution in [0.25, 0.3) is 22.2 Å². The number of benzene rings is 1. The topological polar surface area (TPSA) is 103 Å². The summed E-state index contributed by atoms with van der Waals surface area (Å²) in [6, 6.07) is 7.37. The van der Waals surface area contributed by atoms with Crippen LogP contribution in [0.4, 0.5) is 5.82 Å². The SMILES string of the molecule is CC(C)(C)OC(=O)c1c(N)n(CCO)c2nc3ccccc3nc12. The maximum Gasteiger partial charge on any atom is 0.344 e. The Morgan fingerprint density at radius 3 is 2.46 bits per heavy atom. The molecule has 0 amide bonds. The molecule has 0 saturated heterocycles. The second-order valence-corrected chi connectivity index (χ2v) is 6.52. The van der Waals surface area contributed by atoms with E-state index in [-0.39, 0.29) is 24.5 Å². The minimum absolute atomic E-state index is 0.129. The molecule has 7 nitrogen and oxygen atoms in total. The van der Waals surface area contributed by atoms with Crippen LogP contribution in [-0.2, 0) is 11.3 Å². The molecule has 0 bridgehead atoms. The molecule has 0 aliphatic rings. The van der Waals surface area contributed by atoms with Crippen molar-refractivity contribution in [3.63, 3.8) is 0 Å². The molecular weight excluding hydrogens is 308 g/mol. The van der Waals surface area contributed by atoms with Gasteiger partial charge < -0.3 is 20.1 Å². The summed E-state index contributed by atoms with van der Waals surface area (Å²) in [7, 11) is 0. The first-order valence-corrected chi connectivity index (χ1v) is 7.70. The number of hydrogen-bond acceptors (Lipinski definition) is 6. The summed E-state index contributed by atoms with van der Waals surface area (Å²) in [4.78, 5) is 21.7. The highest BCUT2D eigenvalue weighted by Crippen LogP contribution is 2.29. The predicted molar refractivity (Wildman–Crippen MR) is 91.7 cm³/mol. The van der Waals surface area contributed by atoms with Crippen molar-refractivity contribution in [1.82, 2.24) is 14.5 Å². The third-order valence-electron chi connectivity index (χ3n) is 3.52. The number of aliphatic hydroxyl groups is 1. The fourth-order valence-electron chi connectivity index (χ4n) is 2.57. The van der Waals surface area contributed by atoms with Crippen LogP contribution in [0.3, 0.4) is 0 Å². The second kappa shape index (κ2) is 5.76. The number of para-hydroxylation sites is 2. The zero-order chi connectivity index (χ0) is 17.5.